The first-order valence-corrected chi connectivity index (χ1v) is 7.81. The van der Waals surface area contributed by atoms with Crippen molar-refractivity contribution < 1.29 is 4.79 Å². The third-order valence-electron chi connectivity index (χ3n) is 3.79. The summed E-state index contributed by atoms with van der Waals surface area (Å²) in [5.74, 6) is 0.0166. The number of carbonyl (C=O) groups excluding carboxylic acids is 1. The topological polar surface area (TPSA) is 32.7 Å². The van der Waals surface area contributed by atoms with E-state index in [1.807, 2.05) is 49.4 Å². The van der Waals surface area contributed by atoms with Crippen molar-refractivity contribution in [3.63, 3.8) is 0 Å². The Labute approximate surface area is 140 Å². The Morgan fingerprint density at radius 1 is 1.26 bits per heavy atom. The Bertz CT molecular complexity index is 794. The lowest BCUT2D eigenvalue weighted by atomic mass is 10.1. The van der Waals surface area contributed by atoms with Crippen LogP contribution in [0.25, 0.3) is 0 Å². The van der Waals surface area contributed by atoms with Gasteiger partial charge in [0.2, 0.25) is 5.91 Å². The molecule has 0 unspecified atom stereocenters. The molecular weight excluding hydrogens is 308 g/mol. The highest BCUT2D eigenvalue weighted by Gasteiger charge is 2.24. The van der Waals surface area contributed by atoms with E-state index in [1.54, 1.807) is 11.0 Å². The highest BCUT2D eigenvalue weighted by Crippen LogP contribution is 2.34. The summed E-state index contributed by atoms with van der Waals surface area (Å²) in [7, 11) is 0. The Balaban J connectivity index is 2.11. The molecule has 0 spiro atoms. The smallest absolute Gasteiger partial charge is 0.233 e. The van der Waals surface area contributed by atoms with Crippen molar-refractivity contribution in [2.75, 3.05) is 11.4 Å². The van der Waals surface area contributed by atoms with Gasteiger partial charge >= 0.3 is 0 Å². The Hall–Kier alpha value is -2.39. The van der Waals surface area contributed by atoms with Crippen LogP contribution < -0.4 is 4.90 Å². The van der Waals surface area contributed by atoms with E-state index in [0.29, 0.717) is 11.6 Å². The van der Waals surface area contributed by atoms with Crippen molar-refractivity contribution >= 4 is 34.6 Å². The van der Waals surface area contributed by atoms with Crippen molar-refractivity contribution in [1.29, 1.82) is 0 Å². The Kier molecular flexibility index (Phi) is 4.30. The van der Waals surface area contributed by atoms with Crippen LogP contribution >= 0.6 is 11.6 Å². The standard InChI is InChI=1S/C19H17ClN2O/c1-3-10-22-18-11-13(2)4-9-16(18)21-17(12-19(22)23)14-5-7-15(20)8-6-14/h3-9,11H,1,10,12H2,2H3. The molecule has 1 amide bonds. The molecule has 4 heteroatoms. The maximum absolute atomic E-state index is 12.7. The molecule has 23 heavy (non-hydrogen) atoms. The largest absolute Gasteiger partial charge is 0.306 e. The summed E-state index contributed by atoms with van der Waals surface area (Å²) in [6, 6.07) is 13.4. The number of nitrogens with zero attached hydrogens (tertiary/aromatic N) is 2. The fraction of sp³-hybridized carbons (Fsp3) is 0.158. The van der Waals surface area contributed by atoms with E-state index in [-0.39, 0.29) is 12.3 Å². The van der Waals surface area contributed by atoms with Gasteiger partial charge in [-0.3, -0.25) is 9.79 Å². The summed E-state index contributed by atoms with van der Waals surface area (Å²) in [5.41, 5.74) is 4.39. The molecule has 1 heterocycles. The van der Waals surface area contributed by atoms with Crippen molar-refractivity contribution in [3.8, 4) is 0 Å². The number of hydrogen-bond donors (Lipinski definition) is 0. The summed E-state index contributed by atoms with van der Waals surface area (Å²) < 4.78 is 0. The average molecular weight is 325 g/mol. The minimum absolute atomic E-state index is 0.0166. The molecule has 0 aromatic heterocycles. The van der Waals surface area contributed by atoms with E-state index in [1.165, 1.54) is 0 Å². The molecule has 3 rings (SSSR count). The van der Waals surface area contributed by atoms with E-state index in [9.17, 15) is 4.79 Å². The van der Waals surface area contributed by atoms with Crippen LogP contribution in [0.2, 0.25) is 5.02 Å². The fourth-order valence-corrected chi connectivity index (χ4v) is 2.77. The predicted molar refractivity (Wildman–Crippen MR) is 96.0 cm³/mol. The van der Waals surface area contributed by atoms with Crippen LogP contribution in [0.4, 0.5) is 11.4 Å². The molecular formula is C19H17ClN2O. The molecule has 0 saturated carbocycles. The number of fused-ring (bicyclic) bond motifs is 1. The van der Waals surface area contributed by atoms with Crippen LogP contribution in [0.1, 0.15) is 17.5 Å². The van der Waals surface area contributed by atoms with Crippen LogP contribution in [-0.4, -0.2) is 18.2 Å². The molecule has 0 aliphatic carbocycles. The maximum Gasteiger partial charge on any atom is 0.233 e. The first kappa shape index (κ1) is 15.5. The normalized spacial score (nSPS) is 14.1. The molecule has 3 nitrogen and oxygen atoms in total. The van der Waals surface area contributed by atoms with Crippen LogP contribution in [0, 0.1) is 6.92 Å². The zero-order chi connectivity index (χ0) is 16.4. The number of aliphatic imine (C=N–C) groups is 1. The number of rotatable bonds is 3. The SMILES string of the molecule is C=CCN1C(=O)CC(c2ccc(Cl)cc2)=Nc2ccc(C)cc21. The van der Waals surface area contributed by atoms with Gasteiger partial charge in [0.25, 0.3) is 0 Å². The second kappa shape index (κ2) is 6.39. The summed E-state index contributed by atoms with van der Waals surface area (Å²) >= 11 is 5.95. The number of amides is 1. The minimum atomic E-state index is 0.0166. The van der Waals surface area contributed by atoms with E-state index in [0.717, 1.165) is 28.2 Å². The van der Waals surface area contributed by atoms with Gasteiger partial charge in [-0.1, -0.05) is 35.9 Å². The quantitative estimate of drug-likeness (QED) is 0.754. The zero-order valence-corrected chi connectivity index (χ0v) is 13.7. The summed E-state index contributed by atoms with van der Waals surface area (Å²) in [5, 5.41) is 0.665. The second-order valence-corrected chi connectivity index (χ2v) is 5.96. The zero-order valence-electron chi connectivity index (χ0n) is 12.9. The number of hydrogen-bond acceptors (Lipinski definition) is 2. The van der Waals surface area contributed by atoms with Gasteiger partial charge in [-0.25, -0.2) is 0 Å². The van der Waals surface area contributed by atoms with Gasteiger partial charge in [-0.2, -0.15) is 0 Å². The Morgan fingerprint density at radius 3 is 2.70 bits per heavy atom. The molecule has 1 aliphatic rings. The van der Waals surface area contributed by atoms with Crippen molar-refractivity contribution in [2.24, 2.45) is 4.99 Å². The van der Waals surface area contributed by atoms with Crippen molar-refractivity contribution in [2.45, 2.75) is 13.3 Å². The van der Waals surface area contributed by atoms with E-state index >= 15 is 0 Å². The fourth-order valence-electron chi connectivity index (χ4n) is 2.64. The van der Waals surface area contributed by atoms with Crippen molar-refractivity contribution in [3.05, 3.63) is 71.3 Å². The molecule has 116 valence electrons. The number of halogens is 1. The highest BCUT2D eigenvalue weighted by atomic mass is 35.5. The number of aryl methyl sites for hydroxylation is 1. The van der Waals surface area contributed by atoms with Gasteiger partial charge in [0.15, 0.2) is 0 Å². The average Bonchev–Trinajstić information content (AvgIpc) is 2.66. The molecule has 0 saturated heterocycles. The molecule has 0 atom stereocenters. The first-order valence-electron chi connectivity index (χ1n) is 7.44. The molecule has 0 radical (unpaired) electrons. The lowest BCUT2D eigenvalue weighted by molar-refractivity contribution is -0.117. The van der Waals surface area contributed by atoms with Crippen molar-refractivity contribution in [1.82, 2.24) is 0 Å². The first-order chi connectivity index (χ1) is 11.1. The van der Waals surface area contributed by atoms with Gasteiger partial charge < -0.3 is 4.90 Å². The van der Waals surface area contributed by atoms with Gasteiger partial charge in [0.05, 0.1) is 23.5 Å². The van der Waals surface area contributed by atoms with E-state index in [4.69, 9.17) is 16.6 Å². The van der Waals surface area contributed by atoms with Gasteiger partial charge in [0.1, 0.15) is 0 Å². The number of benzene rings is 2. The molecule has 0 fully saturated rings. The molecule has 2 aromatic rings. The minimum Gasteiger partial charge on any atom is -0.306 e. The van der Waals surface area contributed by atoms with E-state index < -0.39 is 0 Å². The van der Waals surface area contributed by atoms with Gasteiger partial charge in [0, 0.05) is 11.6 Å². The summed E-state index contributed by atoms with van der Waals surface area (Å²) in [4.78, 5) is 19.2. The monoisotopic (exact) mass is 324 g/mol. The summed E-state index contributed by atoms with van der Waals surface area (Å²) in [6.07, 6.45) is 1.99. The van der Waals surface area contributed by atoms with Crippen LogP contribution in [0.15, 0.2) is 60.1 Å². The lowest BCUT2D eigenvalue weighted by Gasteiger charge is -2.21. The van der Waals surface area contributed by atoms with Crippen LogP contribution in [-0.2, 0) is 4.79 Å². The molecule has 0 bridgehead atoms. The second-order valence-electron chi connectivity index (χ2n) is 5.53. The predicted octanol–water partition coefficient (Wildman–Crippen LogP) is 4.69. The lowest BCUT2D eigenvalue weighted by Crippen LogP contribution is -2.31. The summed E-state index contributed by atoms with van der Waals surface area (Å²) in [6.45, 7) is 6.23. The third-order valence-corrected chi connectivity index (χ3v) is 4.04. The highest BCUT2D eigenvalue weighted by molar-refractivity contribution is 6.30. The Morgan fingerprint density at radius 2 is 2.00 bits per heavy atom. The number of anilines is 1. The molecule has 2 aromatic carbocycles. The molecule has 0 N–H and O–H groups in total. The number of carbonyl (C=O) groups is 1. The third kappa shape index (κ3) is 3.20. The van der Waals surface area contributed by atoms with E-state index in [2.05, 4.69) is 6.58 Å². The van der Waals surface area contributed by atoms with Crippen LogP contribution in [0.5, 0.6) is 0 Å². The van der Waals surface area contributed by atoms with Gasteiger partial charge in [-0.15, -0.1) is 6.58 Å². The van der Waals surface area contributed by atoms with Gasteiger partial charge in [-0.05, 0) is 42.3 Å². The van der Waals surface area contributed by atoms with Crippen LogP contribution in [0.3, 0.4) is 0 Å². The maximum atomic E-state index is 12.7. The molecule has 1 aliphatic heterocycles.